The molecule has 0 saturated heterocycles. The van der Waals surface area contributed by atoms with Gasteiger partial charge in [-0.1, -0.05) is 0 Å². The van der Waals surface area contributed by atoms with E-state index in [0.717, 1.165) is 0 Å². The Morgan fingerprint density at radius 3 is 1.37 bits per heavy atom. The summed E-state index contributed by atoms with van der Waals surface area (Å²) in [4.78, 5) is 0. The molecule has 1 unspecified atom stereocenters. The summed E-state index contributed by atoms with van der Waals surface area (Å²) in [7, 11) is 0. The van der Waals surface area contributed by atoms with Gasteiger partial charge in [-0.05, 0) is 0 Å². The third kappa shape index (κ3) is 6.43. The molecule has 3 heteroatoms. The van der Waals surface area contributed by atoms with Crippen molar-refractivity contribution in [3.8, 4) is 11.1 Å². The maximum atomic E-state index is 2.69. The van der Waals surface area contributed by atoms with E-state index in [0.29, 0.717) is 9.54 Å². The molecule has 0 nitrogen and oxygen atoms in total. The van der Waals surface area contributed by atoms with Crippen molar-refractivity contribution in [1.29, 1.82) is 0 Å². The summed E-state index contributed by atoms with van der Waals surface area (Å²) < 4.78 is 3.77. The van der Waals surface area contributed by atoms with Gasteiger partial charge in [0.2, 0.25) is 0 Å². The molecule has 0 radical (unpaired) electrons. The number of benzene rings is 4. The Morgan fingerprint density at radius 2 is 1.00 bits per heavy atom. The van der Waals surface area contributed by atoms with Crippen LogP contribution >= 0.6 is 0 Å². The van der Waals surface area contributed by atoms with Gasteiger partial charge >= 0.3 is 324 Å². The molecule has 0 heterocycles. The summed E-state index contributed by atoms with van der Waals surface area (Å²) in [6, 6.07) is 29.7. The van der Waals surface area contributed by atoms with Crippen LogP contribution < -0.4 is 24.8 Å². The monoisotopic (exact) mass is 828 g/mol. The Morgan fingerprint density at radius 1 is 0.593 bits per heavy atom. The van der Waals surface area contributed by atoms with E-state index < -0.39 is 21.3 Å². The van der Waals surface area contributed by atoms with Gasteiger partial charge in [0.25, 0.3) is 0 Å². The van der Waals surface area contributed by atoms with E-state index in [1.165, 1.54) is 66.8 Å². The fraction of sp³-hybridized carbons (Fsp3) is 0.353. The Kier molecular flexibility index (Phi) is 10.6. The molecular weight excluding hydrogens is 775 g/mol. The normalized spacial score (nSPS) is 18.7. The van der Waals surface area contributed by atoms with Crippen molar-refractivity contribution in [3.63, 3.8) is 0 Å². The Bertz CT molecular complexity index is 2230. The first-order chi connectivity index (χ1) is 24.4. The molecule has 1 atom stereocenters. The van der Waals surface area contributed by atoms with Crippen LogP contribution in [0.2, 0.25) is 0 Å². The number of allylic oxidation sites excluding steroid dienone is 8. The van der Waals surface area contributed by atoms with Crippen LogP contribution in [0.3, 0.4) is 0 Å². The van der Waals surface area contributed by atoms with Crippen molar-refractivity contribution in [3.05, 3.63) is 161 Å². The summed E-state index contributed by atoms with van der Waals surface area (Å²) in [5.41, 5.74) is 23.5. The van der Waals surface area contributed by atoms with Gasteiger partial charge in [0.05, 0.1) is 0 Å². The largest absolute Gasteiger partial charge is 1.00 e. The Hall–Kier alpha value is -2.83. The number of fused-ring (bicyclic) bond motifs is 5. The van der Waals surface area contributed by atoms with Gasteiger partial charge in [-0.25, -0.2) is 0 Å². The van der Waals surface area contributed by atoms with E-state index in [4.69, 9.17) is 0 Å². The predicted molar refractivity (Wildman–Crippen MR) is 222 cm³/mol. The van der Waals surface area contributed by atoms with E-state index in [9.17, 15) is 0 Å². The number of halogens is 2. The quantitative estimate of drug-likeness (QED) is 0.200. The molecular formula is C51H56Cl2Zr. The van der Waals surface area contributed by atoms with Gasteiger partial charge < -0.3 is 24.8 Å². The van der Waals surface area contributed by atoms with Gasteiger partial charge in [0.15, 0.2) is 0 Å². The first-order valence-corrected chi connectivity index (χ1v) is 23.3. The van der Waals surface area contributed by atoms with Gasteiger partial charge in [-0.15, -0.1) is 0 Å². The second kappa shape index (κ2) is 14.0. The summed E-state index contributed by atoms with van der Waals surface area (Å²) in [6.07, 6.45) is 7.64. The fourth-order valence-electron chi connectivity index (χ4n) is 10.3. The van der Waals surface area contributed by atoms with Crippen LogP contribution in [0.25, 0.3) is 22.3 Å². The third-order valence-corrected chi connectivity index (χ3v) is 21.9. The van der Waals surface area contributed by atoms with Crippen LogP contribution in [0.4, 0.5) is 0 Å². The van der Waals surface area contributed by atoms with Crippen molar-refractivity contribution in [2.24, 2.45) is 11.3 Å². The second-order valence-corrected chi connectivity index (χ2v) is 24.7. The SMILES string of the molecule is CC1=CC(C)(C)c2cc3c(cc21)-c1cc2c(cc1[CH]3[Zr+2]([C]1=C(C)C(C(C)(C)C)=CC1C)=[C](c1ccc(C)cc1)c1ccc(C)cc1)C(C)(C)C=C2C.[Cl-].[Cl-]. The van der Waals surface area contributed by atoms with E-state index in [-0.39, 0.29) is 41.1 Å². The molecule has 8 rings (SSSR count). The van der Waals surface area contributed by atoms with Crippen LogP contribution in [0.1, 0.15) is 135 Å². The smallest absolute Gasteiger partial charge is 1.00 e. The summed E-state index contributed by atoms with van der Waals surface area (Å²) in [5.74, 6) is 0.409. The summed E-state index contributed by atoms with van der Waals surface area (Å²) >= 11 is -3.03. The van der Waals surface area contributed by atoms with E-state index >= 15 is 0 Å². The maximum Gasteiger partial charge on any atom is -1.00 e. The van der Waals surface area contributed by atoms with E-state index in [2.05, 4.69) is 181 Å². The predicted octanol–water partition coefficient (Wildman–Crippen LogP) is 7.55. The van der Waals surface area contributed by atoms with Crippen molar-refractivity contribution < 1.29 is 46.1 Å². The fourth-order valence-corrected chi connectivity index (χ4v) is 20.2. The van der Waals surface area contributed by atoms with Crippen LogP contribution in [-0.2, 0) is 32.1 Å². The molecule has 4 aromatic carbocycles. The standard InChI is InChI=1S/C25H25.C15H14.C11H17.2ClH.Zr/c1-14-12-24(3,4)22-8-16-7-17-9-23-19(15(2)13-25(23,5)6)11-21(17)20(16)10-18(14)22;1-12-3-7-14(8-4-12)11-15-9-5-13(2)6-10-15;1-8-6-9(2)10(7-8)11(3,4)5;;;/h7-13H,1-6H3;3-10H,1-2H3;7-8H,1-5H3;2*1H;/q;;;;;+2/p-2. The molecule has 278 valence electrons. The topological polar surface area (TPSA) is 0 Å². The molecule has 4 aliphatic carbocycles. The zero-order valence-electron chi connectivity index (χ0n) is 34.6. The minimum absolute atomic E-state index is 0. The molecule has 0 spiro atoms. The zero-order chi connectivity index (χ0) is 37.2. The molecule has 0 saturated carbocycles. The molecule has 4 aliphatic rings. The van der Waals surface area contributed by atoms with Gasteiger partial charge in [-0.3, -0.25) is 0 Å². The Labute approximate surface area is 345 Å². The second-order valence-electron chi connectivity index (χ2n) is 18.7. The number of hydrogen-bond donors (Lipinski definition) is 0. The first-order valence-electron chi connectivity index (χ1n) is 19.5. The van der Waals surface area contributed by atoms with Crippen molar-refractivity contribution in [2.75, 3.05) is 0 Å². The molecule has 0 amide bonds. The first kappa shape index (κ1) is 40.8. The minimum Gasteiger partial charge on any atom is -1.00 e. The van der Waals surface area contributed by atoms with Gasteiger partial charge in [0, 0.05) is 0 Å². The molecule has 4 aromatic rings. The van der Waals surface area contributed by atoms with Crippen molar-refractivity contribution in [2.45, 2.75) is 104 Å². The number of hydrogen-bond acceptors (Lipinski definition) is 0. The molecule has 0 bridgehead atoms. The van der Waals surface area contributed by atoms with E-state index in [1.54, 1.807) is 28.8 Å². The average molecular weight is 831 g/mol. The van der Waals surface area contributed by atoms with Crippen molar-refractivity contribution in [1.82, 2.24) is 0 Å². The van der Waals surface area contributed by atoms with Crippen LogP contribution in [-0.4, -0.2) is 3.21 Å². The minimum atomic E-state index is -3.03. The molecule has 54 heavy (non-hydrogen) atoms. The van der Waals surface area contributed by atoms with E-state index in [1.807, 2.05) is 0 Å². The molecule has 0 fully saturated rings. The van der Waals surface area contributed by atoms with Gasteiger partial charge in [0.1, 0.15) is 0 Å². The molecule has 0 N–H and O–H groups in total. The van der Waals surface area contributed by atoms with Crippen molar-refractivity contribution >= 4 is 14.4 Å². The van der Waals surface area contributed by atoms with Crippen LogP contribution in [0, 0.1) is 25.2 Å². The zero-order valence-corrected chi connectivity index (χ0v) is 38.5. The number of rotatable bonds is 4. The Balaban J connectivity index is 0.00000249. The number of aryl methyl sites for hydroxylation is 2. The van der Waals surface area contributed by atoms with Crippen LogP contribution in [0.15, 0.2) is 105 Å². The molecule has 0 aromatic heterocycles. The molecule has 0 aliphatic heterocycles. The average Bonchev–Trinajstić information content (AvgIpc) is 3.70. The van der Waals surface area contributed by atoms with Crippen LogP contribution in [0.5, 0.6) is 0 Å². The third-order valence-electron chi connectivity index (χ3n) is 12.7. The summed E-state index contributed by atoms with van der Waals surface area (Å²) in [6.45, 7) is 31.0. The van der Waals surface area contributed by atoms with Gasteiger partial charge in [-0.2, -0.15) is 0 Å². The maximum absolute atomic E-state index is 3.03. The summed E-state index contributed by atoms with van der Waals surface area (Å²) in [5, 5.41) is 0.